The van der Waals surface area contributed by atoms with Crippen LogP contribution in [0.2, 0.25) is 0 Å². The first-order chi connectivity index (χ1) is 5.42. The molecule has 0 aromatic rings. The third kappa shape index (κ3) is 9.91. The van der Waals surface area contributed by atoms with Crippen LogP contribution in [0.5, 0.6) is 0 Å². The molecule has 0 bridgehead atoms. The lowest BCUT2D eigenvalue weighted by molar-refractivity contribution is 0.411. The second-order valence-corrected chi connectivity index (χ2v) is 5.03. The Hall–Kier alpha value is -0.0900. The molecule has 73 valence electrons. The maximum atomic E-state index is 10.2. The molecule has 0 fully saturated rings. The first-order valence-electron chi connectivity index (χ1n) is 4.35. The Labute approximate surface area is 74.9 Å². The summed E-state index contributed by atoms with van der Waals surface area (Å²) in [4.78, 5) is 0. The van der Waals surface area contributed by atoms with E-state index in [1.54, 1.807) is 0 Å². The third-order valence-electron chi connectivity index (χ3n) is 1.68. The van der Waals surface area contributed by atoms with Gasteiger partial charge in [-0.15, -0.1) is 0 Å². The molecule has 1 radical (unpaired) electrons. The second kappa shape index (κ2) is 5.54. The summed E-state index contributed by atoms with van der Waals surface area (Å²) in [7, 11) is -3.97. The maximum absolute atomic E-state index is 10.2. The van der Waals surface area contributed by atoms with Gasteiger partial charge in [-0.3, -0.25) is 0 Å². The highest BCUT2D eigenvalue weighted by molar-refractivity contribution is 7.85. The Kier molecular flexibility index (Phi) is 5.50. The average molecular weight is 193 g/mol. The monoisotopic (exact) mass is 193 g/mol. The van der Waals surface area contributed by atoms with Gasteiger partial charge in [0, 0.05) is 0 Å². The minimum atomic E-state index is -3.97. The fraction of sp³-hybridized carbons (Fsp3) is 1.00. The minimum Gasteiger partial charge on any atom is -0.197 e. The van der Waals surface area contributed by atoms with E-state index in [-0.39, 0.29) is 5.75 Å². The number of rotatable bonds is 6. The second-order valence-electron chi connectivity index (χ2n) is 3.50. The highest BCUT2D eigenvalue weighted by atomic mass is 32.2. The summed E-state index contributed by atoms with van der Waals surface area (Å²) >= 11 is 0. The molecule has 3 nitrogen and oxygen atoms in total. The quantitative estimate of drug-likeness (QED) is 0.605. The summed E-state index contributed by atoms with van der Waals surface area (Å²) < 4.78 is 30.5. The first kappa shape index (κ1) is 11.9. The van der Waals surface area contributed by atoms with Crippen LogP contribution in [0, 0.1) is 5.92 Å². The van der Waals surface area contributed by atoms with Gasteiger partial charge in [0.15, 0.2) is 0 Å². The van der Waals surface area contributed by atoms with Crippen LogP contribution in [0.3, 0.4) is 0 Å². The topological polar surface area (TPSA) is 54.0 Å². The van der Waals surface area contributed by atoms with Crippen molar-refractivity contribution in [2.24, 2.45) is 5.92 Å². The lowest BCUT2D eigenvalue weighted by atomic mass is 10.1. The predicted octanol–water partition coefficient (Wildman–Crippen LogP) is 1.96. The largest absolute Gasteiger partial charge is 0.294 e. The van der Waals surface area contributed by atoms with Crippen molar-refractivity contribution in [1.82, 2.24) is 0 Å². The fourth-order valence-corrected chi connectivity index (χ4v) is 1.57. The maximum Gasteiger partial charge on any atom is 0.294 e. The summed E-state index contributed by atoms with van der Waals surface area (Å²) in [6.45, 7) is 4.26. The van der Waals surface area contributed by atoms with Gasteiger partial charge in [-0.2, -0.15) is 8.42 Å². The SMILES string of the molecule is CC(C)CCCCCS([O])(=O)=O. The molecule has 0 aromatic heterocycles. The van der Waals surface area contributed by atoms with Crippen molar-refractivity contribution < 1.29 is 13.0 Å². The molecule has 0 rings (SSSR count). The van der Waals surface area contributed by atoms with Gasteiger partial charge in [-0.25, -0.2) is 0 Å². The van der Waals surface area contributed by atoms with Crippen LogP contribution >= 0.6 is 0 Å². The first-order valence-corrected chi connectivity index (χ1v) is 5.93. The molecule has 0 atom stereocenters. The van der Waals surface area contributed by atoms with Crippen molar-refractivity contribution >= 4 is 10.1 Å². The normalized spacial score (nSPS) is 12.3. The molecular formula is C8H17O3S. The van der Waals surface area contributed by atoms with Gasteiger partial charge in [0.05, 0.1) is 5.75 Å². The number of hydrogen-bond acceptors (Lipinski definition) is 2. The minimum absolute atomic E-state index is 0.203. The Morgan fingerprint density at radius 2 is 1.67 bits per heavy atom. The van der Waals surface area contributed by atoms with E-state index in [2.05, 4.69) is 13.8 Å². The zero-order valence-corrected chi connectivity index (χ0v) is 8.56. The Bertz CT molecular complexity index is 194. The van der Waals surface area contributed by atoms with Crippen LogP contribution in [0.4, 0.5) is 0 Å². The van der Waals surface area contributed by atoms with Crippen molar-refractivity contribution in [3.05, 3.63) is 0 Å². The van der Waals surface area contributed by atoms with Crippen LogP contribution < -0.4 is 0 Å². The van der Waals surface area contributed by atoms with Gasteiger partial charge in [0.1, 0.15) is 0 Å². The van der Waals surface area contributed by atoms with Crippen LogP contribution in [0.1, 0.15) is 39.5 Å². The van der Waals surface area contributed by atoms with E-state index >= 15 is 0 Å². The molecule has 0 aliphatic heterocycles. The van der Waals surface area contributed by atoms with Crippen molar-refractivity contribution in [3.63, 3.8) is 0 Å². The van der Waals surface area contributed by atoms with Gasteiger partial charge in [-0.1, -0.05) is 37.7 Å². The molecule has 0 heterocycles. The van der Waals surface area contributed by atoms with Crippen LogP contribution in [-0.2, 0) is 14.7 Å². The predicted molar refractivity (Wildman–Crippen MR) is 47.8 cm³/mol. The standard InChI is InChI=1S/C8H17O3S/c1-8(2)6-4-3-5-7-12(9,10)11/h8H,3-7H2,1-2H3. The summed E-state index contributed by atoms with van der Waals surface area (Å²) in [5.41, 5.74) is 0. The molecule has 0 aliphatic rings. The Morgan fingerprint density at radius 1 is 1.08 bits per heavy atom. The lowest BCUT2D eigenvalue weighted by Crippen LogP contribution is -2.01. The summed E-state index contributed by atoms with van der Waals surface area (Å²) in [5, 5.41) is 0. The van der Waals surface area contributed by atoms with E-state index in [1.165, 1.54) is 0 Å². The molecule has 0 spiro atoms. The van der Waals surface area contributed by atoms with Gasteiger partial charge >= 0.3 is 0 Å². The molecule has 12 heavy (non-hydrogen) atoms. The van der Waals surface area contributed by atoms with E-state index in [0.717, 1.165) is 19.3 Å². The van der Waals surface area contributed by atoms with Crippen molar-refractivity contribution in [3.8, 4) is 0 Å². The number of hydrogen-bond donors (Lipinski definition) is 0. The van der Waals surface area contributed by atoms with E-state index in [1.807, 2.05) is 0 Å². The summed E-state index contributed by atoms with van der Waals surface area (Å²) in [6.07, 6.45) is 3.49. The van der Waals surface area contributed by atoms with Gasteiger partial charge in [0.2, 0.25) is 0 Å². The van der Waals surface area contributed by atoms with Gasteiger partial charge in [-0.05, 0) is 12.3 Å². The van der Waals surface area contributed by atoms with E-state index < -0.39 is 10.1 Å². The molecule has 0 aromatic carbocycles. The van der Waals surface area contributed by atoms with Crippen molar-refractivity contribution in [1.29, 1.82) is 0 Å². The van der Waals surface area contributed by atoms with E-state index in [9.17, 15) is 13.0 Å². The molecule has 0 saturated carbocycles. The van der Waals surface area contributed by atoms with E-state index in [4.69, 9.17) is 0 Å². The Balaban J connectivity index is 3.23. The van der Waals surface area contributed by atoms with Crippen LogP contribution in [-0.4, -0.2) is 14.2 Å². The zero-order valence-electron chi connectivity index (χ0n) is 7.75. The van der Waals surface area contributed by atoms with Gasteiger partial charge < -0.3 is 0 Å². The van der Waals surface area contributed by atoms with Crippen LogP contribution in [0.25, 0.3) is 0 Å². The highest BCUT2D eigenvalue weighted by Gasteiger charge is 2.05. The molecule has 0 unspecified atom stereocenters. The number of unbranched alkanes of at least 4 members (excludes halogenated alkanes) is 2. The highest BCUT2D eigenvalue weighted by Crippen LogP contribution is 2.08. The van der Waals surface area contributed by atoms with E-state index in [0.29, 0.717) is 12.3 Å². The summed E-state index contributed by atoms with van der Waals surface area (Å²) in [6, 6.07) is 0. The fourth-order valence-electron chi connectivity index (χ4n) is 1.01. The van der Waals surface area contributed by atoms with Crippen molar-refractivity contribution in [2.45, 2.75) is 39.5 Å². The molecule has 0 saturated heterocycles. The molecule has 0 aliphatic carbocycles. The molecular weight excluding hydrogens is 176 g/mol. The Morgan fingerprint density at radius 3 is 2.08 bits per heavy atom. The molecule has 4 heteroatoms. The van der Waals surface area contributed by atoms with Crippen molar-refractivity contribution in [2.75, 3.05) is 5.75 Å². The zero-order chi connectivity index (χ0) is 9.61. The van der Waals surface area contributed by atoms with Crippen LogP contribution in [0.15, 0.2) is 0 Å². The third-order valence-corrected chi connectivity index (χ3v) is 2.46. The van der Waals surface area contributed by atoms with Gasteiger partial charge in [0.25, 0.3) is 10.1 Å². The average Bonchev–Trinajstić information content (AvgIpc) is 1.83. The molecule has 0 amide bonds. The summed E-state index contributed by atoms with van der Waals surface area (Å²) in [5.74, 6) is 0.458. The smallest absolute Gasteiger partial charge is 0.197 e. The lowest BCUT2D eigenvalue weighted by Gasteiger charge is -2.02. The molecule has 0 N–H and O–H groups in total.